The molecule has 0 radical (unpaired) electrons. The van der Waals surface area contributed by atoms with Crippen molar-refractivity contribution < 1.29 is 10.2 Å². The van der Waals surface area contributed by atoms with Crippen LogP contribution >= 0.6 is 27.3 Å². The number of rotatable bonds is 3. The highest BCUT2D eigenvalue weighted by atomic mass is 79.9. The average molecular weight is 425 g/mol. The summed E-state index contributed by atoms with van der Waals surface area (Å²) in [5.41, 5.74) is 2.81. The topological polar surface area (TPSA) is 65.7 Å². The number of hydrogen-bond acceptors (Lipinski definition) is 5. The number of aliphatic imine (C=N–C) groups is 1. The molecule has 0 unspecified atom stereocenters. The summed E-state index contributed by atoms with van der Waals surface area (Å²) >= 11 is 4.90. The fourth-order valence-electron chi connectivity index (χ4n) is 2.54. The van der Waals surface area contributed by atoms with E-state index in [9.17, 15) is 10.2 Å². The fraction of sp³-hybridized carbons (Fsp3) is 0. The lowest BCUT2D eigenvalue weighted by Gasteiger charge is -2.03. The van der Waals surface area contributed by atoms with E-state index < -0.39 is 0 Å². The lowest BCUT2D eigenvalue weighted by atomic mass is 10.2. The summed E-state index contributed by atoms with van der Waals surface area (Å²) in [5, 5.41) is 20.9. The monoisotopic (exact) mass is 424 g/mol. The third-order valence-corrected chi connectivity index (χ3v) is 5.41. The van der Waals surface area contributed by atoms with Gasteiger partial charge >= 0.3 is 0 Å². The van der Waals surface area contributed by atoms with Crippen molar-refractivity contribution in [1.82, 2.24) is 4.98 Å². The van der Waals surface area contributed by atoms with Crippen molar-refractivity contribution in [2.45, 2.75) is 0 Å². The van der Waals surface area contributed by atoms with Crippen LogP contribution in [0.5, 0.6) is 11.5 Å². The summed E-state index contributed by atoms with van der Waals surface area (Å²) in [6.45, 7) is 0. The number of phenolic OH excluding ortho intramolecular Hbond substituents is 2. The molecule has 6 heteroatoms. The molecule has 0 atom stereocenters. The zero-order valence-corrected chi connectivity index (χ0v) is 15.8. The smallest absolute Gasteiger partial charge is 0.128 e. The first kappa shape index (κ1) is 16.8. The molecule has 0 saturated heterocycles. The van der Waals surface area contributed by atoms with Gasteiger partial charge in [0.1, 0.15) is 16.5 Å². The molecule has 1 heterocycles. The molecule has 4 rings (SSSR count). The minimum Gasteiger partial charge on any atom is -0.507 e. The van der Waals surface area contributed by atoms with E-state index in [-0.39, 0.29) is 11.5 Å². The Morgan fingerprint density at radius 3 is 2.62 bits per heavy atom. The van der Waals surface area contributed by atoms with Gasteiger partial charge in [-0.3, -0.25) is 4.99 Å². The van der Waals surface area contributed by atoms with E-state index in [1.165, 1.54) is 11.3 Å². The van der Waals surface area contributed by atoms with Gasteiger partial charge in [0.05, 0.1) is 21.5 Å². The fourth-order valence-corrected chi connectivity index (χ4v) is 3.91. The number of hydrogen-bond donors (Lipinski definition) is 2. The Balaban J connectivity index is 1.72. The summed E-state index contributed by atoms with van der Waals surface area (Å²) in [5.74, 6) is 0.315. The van der Waals surface area contributed by atoms with E-state index >= 15 is 0 Å². The summed E-state index contributed by atoms with van der Waals surface area (Å²) < 4.78 is 1.92. The summed E-state index contributed by atoms with van der Waals surface area (Å²) in [7, 11) is 0. The highest BCUT2D eigenvalue weighted by Gasteiger charge is 2.11. The molecule has 4 nitrogen and oxygen atoms in total. The Morgan fingerprint density at radius 1 is 0.962 bits per heavy atom. The normalized spacial score (nSPS) is 11.4. The molecular formula is C20H13BrN2O2S. The van der Waals surface area contributed by atoms with Crippen LogP contribution in [0.25, 0.3) is 20.8 Å². The number of fused-ring (bicyclic) bond motifs is 1. The Morgan fingerprint density at radius 2 is 1.77 bits per heavy atom. The highest BCUT2D eigenvalue weighted by Crippen LogP contribution is 2.37. The van der Waals surface area contributed by atoms with E-state index in [2.05, 4.69) is 25.9 Å². The van der Waals surface area contributed by atoms with Crippen molar-refractivity contribution >= 4 is 49.4 Å². The largest absolute Gasteiger partial charge is 0.507 e. The first-order valence-electron chi connectivity index (χ1n) is 7.82. The number of para-hydroxylation sites is 1. The predicted molar refractivity (Wildman–Crippen MR) is 110 cm³/mol. The molecule has 2 N–H and O–H groups in total. The van der Waals surface area contributed by atoms with Crippen LogP contribution in [0, 0.1) is 0 Å². The lowest BCUT2D eigenvalue weighted by Crippen LogP contribution is -1.83. The van der Waals surface area contributed by atoms with E-state index in [0.29, 0.717) is 16.8 Å². The first-order chi connectivity index (χ1) is 12.6. The Kier molecular flexibility index (Phi) is 4.44. The van der Waals surface area contributed by atoms with Crippen LogP contribution in [0.3, 0.4) is 0 Å². The molecule has 0 aliphatic carbocycles. The maximum absolute atomic E-state index is 10.2. The van der Waals surface area contributed by atoms with Gasteiger partial charge in [-0.15, -0.1) is 11.3 Å². The molecule has 0 aliphatic rings. The number of benzene rings is 3. The maximum atomic E-state index is 10.2. The van der Waals surface area contributed by atoms with Crippen LogP contribution in [0.15, 0.2) is 70.1 Å². The minimum absolute atomic E-state index is 0.155. The van der Waals surface area contributed by atoms with Gasteiger partial charge in [0, 0.05) is 16.3 Å². The van der Waals surface area contributed by atoms with Gasteiger partial charge in [0.25, 0.3) is 0 Å². The zero-order valence-electron chi connectivity index (χ0n) is 13.4. The summed E-state index contributed by atoms with van der Waals surface area (Å²) in [6.07, 6.45) is 1.59. The second kappa shape index (κ2) is 6.90. The summed E-state index contributed by atoms with van der Waals surface area (Å²) in [4.78, 5) is 9.01. The van der Waals surface area contributed by atoms with Gasteiger partial charge in [0.2, 0.25) is 0 Å². The molecule has 26 heavy (non-hydrogen) atoms. The third kappa shape index (κ3) is 3.34. The van der Waals surface area contributed by atoms with Crippen LogP contribution in [0.1, 0.15) is 5.56 Å². The van der Waals surface area contributed by atoms with Crippen molar-refractivity contribution in [3.63, 3.8) is 0 Å². The van der Waals surface area contributed by atoms with Crippen molar-refractivity contribution in [3.05, 3.63) is 70.7 Å². The van der Waals surface area contributed by atoms with Gasteiger partial charge < -0.3 is 10.2 Å². The van der Waals surface area contributed by atoms with Gasteiger partial charge in [-0.25, -0.2) is 4.98 Å². The molecule has 0 aliphatic heterocycles. The number of nitrogens with zero attached hydrogens (tertiary/aromatic N) is 2. The second-order valence-corrected chi connectivity index (χ2v) is 7.60. The van der Waals surface area contributed by atoms with Crippen LogP contribution in [0.4, 0.5) is 5.69 Å². The maximum Gasteiger partial charge on any atom is 0.128 e. The zero-order chi connectivity index (χ0) is 18.1. The van der Waals surface area contributed by atoms with Gasteiger partial charge in [-0.2, -0.15) is 0 Å². The number of phenols is 2. The molecule has 1 aromatic heterocycles. The SMILES string of the molecule is Oc1ccc(Br)cc1C=Nc1ccc(O)c(-c2nc3ccccc3s2)c1. The number of thiazole rings is 1. The molecule has 0 saturated carbocycles. The molecular weight excluding hydrogens is 412 g/mol. The van der Waals surface area contributed by atoms with Crippen molar-refractivity contribution in [2.75, 3.05) is 0 Å². The third-order valence-electron chi connectivity index (χ3n) is 3.85. The number of aromatic nitrogens is 1. The Bertz CT molecular complexity index is 1100. The molecule has 4 aromatic rings. The van der Waals surface area contributed by atoms with E-state index in [0.717, 1.165) is 19.7 Å². The van der Waals surface area contributed by atoms with Crippen LogP contribution in [0.2, 0.25) is 0 Å². The predicted octanol–water partition coefficient (Wildman–Crippen LogP) is 5.89. The molecule has 0 bridgehead atoms. The number of halogens is 1. The van der Waals surface area contributed by atoms with Crippen molar-refractivity contribution in [1.29, 1.82) is 0 Å². The van der Waals surface area contributed by atoms with Crippen LogP contribution in [-0.4, -0.2) is 21.4 Å². The Hall–Kier alpha value is -2.70. The van der Waals surface area contributed by atoms with Gasteiger partial charge in [0.15, 0.2) is 0 Å². The molecule has 0 amide bonds. The lowest BCUT2D eigenvalue weighted by molar-refractivity contribution is 0.474. The number of aromatic hydroxyl groups is 2. The minimum atomic E-state index is 0.155. The second-order valence-electron chi connectivity index (χ2n) is 5.65. The highest BCUT2D eigenvalue weighted by molar-refractivity contribution is 9.10. The van der Waals surface area contributed by atoms with Gasteiger partial charge in [-0.05, 0) is 48.5 Å². The van der Waals surface area contributed by atoms with E-state index in [1.54, 1.807) is 42.6 Å². The van der Waals surface area contributed by atoms with Crippen LogP contribution < -0.4 is 0 Å². The van der Waals surface area contributed by atoms with E-state index in [4.69, 9.17) is 0 Å². The van der Waals surface area contributed by atoms with Gasteiger partial charge in [-0.1, -0.05) is 28.1 Å². The molecule has 3 aromatic carbocycles. The Labute approximate surface area is 162 Å². The first-order valence-corrected chi connectivity index (χ1v) is 9.43. The quantitative estimate of drug-likeness (QED) is 0.403. The molecule has 0 fully saturated rings. The van der Waals surface area contributed by atoms with Crippen LogP contribution in [-0.2, 0) is 0 Å². The average Bonchev–Trinajstić information content (AvgIpc) is 3.07. The van der Waals surface area contributed by atoms with E-state index in [1.807, 2.05) is 24.3 Å². The molecule has 0 spiro atoms. The van der Waals surface area contributed by atoms with Crippen molar-refractivity contribution in [3.8, 4) is 22.1 Å². The standard InChI is InChI=1S/C20H13BrN2O2S/c21-13-5-7-17(24)12(9-13)11-22-14-6-8-18(25)15(10-14)20-23-16-3-1-2-4-19(16)26-20/h1-11,24-25H. The molecule has 128 valence electrons. The summed E-state index contributed by atoms with van der Waals surface area (Å²) in [6, 6.07) is 18.1. The van der Waals surface area contributed by atoms with Crippen molar-refractivity contribution in [2.24, 2.45) is 4.99 Å².